The van der Waals surface area contributed by atoms with Crippen molar-refractivity contribution in [2.45, 2.75) is 13.5 Å². The first kappa shape index (κ1) is 12.7. The first-order chi connectivity index (χ1) is 8.70. The third-order valence-electron chi connectivity index (χ3n) is 2.74. The molecule has 0 aliphatic heterocycles. The van der Waals surface area contributed by atoms with Gasteiger partial charge in [-0.05, 0) is 19.5 Å². The first-order valence-electron chi connectivity index (χ1n) is 5.88. The van der Waals surface area contributed by atoms with Crippen molar-refractivity contribution < 1.29 is 9.63 Å². The van der Waals surface area contributed by atoms with Gasteiger partial charge in [-0.3, -0.25) is 4.90 Å². The van der Waals surface area contributed by atoms with Gasteiger partial charge in [0, 0.05) is 12.1 Å². The number of nitrogens with zero attached hydrogens (tertiary/aromatic N) is 3. The lowest BCUT2D eigenvalue weighted by Gasteiger charge is -2.10. The molecule has 0 fully saturated rings. The average Bonchev–Trinajstić information content (AvgIpc) is 2.78. The second kappa shape index (κ2) is 5.75. The Morgan fingerprint density at radius 3 is 2.83 bits per heavy atom. The lowest BCUT2D eigenvalue weighted by Crippen LogP contribution is -2.21. The molecule has 96 valence electrons. The van der Waals surface area contributed by atoms with E-state index < -0.39 is 0 Å². The van der Waals surface area contributed by atoms with E-state index in [-0.39, 0.29) is 6.61 Å². The zero-order valence-corrected chi connectivity index (χ0v) is 10.6. The Morgan fingerprint density at radius 1 is 1.33 bits per heavy atom. The van der Waals surface area contributed by atoms with Crippen LogP contribution in [0.15, 0.2) is 28.8 Å². The lowest BCUT2D eigenvalue weighted by molar-refractivity contribution is 0.200. The molecule has 5 heteroatoms. The molecule has 0 radical (unpaired) electrons. The molecule has 0 aliphatic rings. The molecular weight excluding hydrogens is 230 g/mol. The van der Waals surface area contributed by atoms with Crippen LogP contribution >= 0.6 is 0 Å². The molecule has 0 spiro atoms. The van der Waals surface area contributed by atoms with Gasteiger partial charge in [-0.25, -0.2) is 0 Å². The summed E-state index contributed by atoms with van der Waals surface area (Å²) >= 11 is 0. The Kier molecular flexibility index (Phi) is 4.07. The van der Waals surface area contributed by atoms with Crippen LogP contribution < -0.4 is 0 Å². The van der Waals surface area contributed by atoms with Gasteiger partial charge in [-0.15, -0.1) is 0 Å². The summed E-state index contributed by atoms with van der Waals surface area (Å²) in [6.07, 6.45) is 0. The highest BCUT2D eigenvalue weighted by atomic mass is 16.5. The molecule has 1 N–H and O–H groups in total. The van der Waals surface area contributed by atoms with Crippen molar-refractivity contribution >= 4 is 0 Å². The van der Waals surface area contributed by atoms with E-state index in [2.05, 4.69) is 10.1 Å². The van der Waals surface area contributed by atoms with E-state index in [4.69, 9.17) is 9.63 Å². The zero-order chi connectivity index (χ0) is 13.0. The molecule has 1 aromatic heterocycles. The summed E-state index contributed by atoms with van der Waals surface area (Å²) in [6.45, 7) is 3.26. The van der Waals surface area contributed by atoms with Crippen molar-refractivity contribution in [1.29, 1.82) is 0 Å². The zero-order valence-electron chi connectivity index (χ0n) is 10.6. The van der Waals surface area contributed by atoms with E-state index in [1.807, 2.05) is 43.1 Å². The monoisotopic (exact) mass is 247 g/mol. The predicted octanol–water partition coefficient (Wildman–Crippen LogP) is 1.47. The standard InChI is InChI=1S/C13H17N3O2/c1-10-5-3-4-6-11(10)13-14-12(18-15-13)9-16(2)7-8-17/h3-6,17H,7-9H2,1-2H3. The van der Waals surface area contributed by atoms with Crippen LogP contribution in [0.1, 0.15) is 11.5 Å². The molecule has 2 aromatic rings. The molecule has 0 amide bonds. The topological polar surface area (TPSA) is 62.4 Å². The molecule has 1 heterocycles. The number of aliphatic hydroxyl groups is 1. The van der Waals surface area contributed by atoms with Crippen molar-refractivity contribution in [1.82, 2.24) is 15.0 Å². The Balaban J connectivity index is 2.13. The smallest absolute Gasteiger partial charge is 0.241 e. The number of aryl methyl sites for hydroxylation is 1. The molecular formula is C13H17N3O2. The van der Waals surface area contributed by atoms with Gasteiger partial charge in [0.05, 0.1) is 13.2 Å². The van der Waals surface area contributed by atoms with Crippen LogP contribution in [0.25, 0.3) is 11.4 Å². The molecule has 5 nitrogen and oxygen atoms in total. The fourth-order valence-electron chi connectivity index (χ4n) is 1.73. The van der Waals surface area contributed by atoms with Crippen LogP contribution in [0.2, 0.25) is 0 Å². The van der Waals surface area contributed by atoms with Crippen molar-refractivity contribution in [3.8, 4) is 11.4 Å². The molecule has 0 saturated heterocycles. The van der Waals surface area contributed by atoms with Gasteiger partial charge >= 0.3 is 0 Å². The first-order valence-corrected chi connectivity index (χ1v) is 5.88. The summed E-state index contributed by atoms with van der Waals surface area (Å²) in [5.41, 5.74) is 2.10. The van der Waals surface area contributed by atoms with E-state index in [0.29, 0.717) is 24.8 Å². The molecule has 0 bridgehead atoms. The minimum absolute atomic E-state index is 0.120. The van der Waals surface area contributed by atoms with Gasteiger partial charge in [-0.1, -0.05) is 29.4 Å². The Hall–Kier alpha value is -1.72. The second-order valence-corrected chi connectivity index (χ2v) is 4.29. The molecule has 1 aromatic carbocycles. The summed E-state index contributed by atoms with van der Waals surface area (Å²) in [5.74, 6) is 1.17. The van der Waals surface area contributed by atoms with Gasteiger partial charge in [0.2, 0.25) is 11.7 Å². The van der Waals surface area contributed by atoms with Crippen LogP contribution in [-0.2, 0) is 6.54 Å². The van der Waals surface area contributed by atoms with Crippen LogP contribution in [0.4, 0.5) is 0 Å². The fraction of sp³-hybridized carbons (Fsp3) is 0.385. The van der Waals surface area contributed by atoms with Crippen LogP contribution in [0.3, 0.4) is 0 Å². The maximum Gasteiger partial charge on any atom is 0.241 e. The molecule has 18 heavy (non-hydrogen) atoms. The number of aromatic nitrogens is 2. The van der Waals surface area contributed by atoms with E-state index in [9.17, 15) is 0 Å². The van der Waals surface area contributed by atoms with Gasteiger partial charge in [0.25, 0.3) is 0 Å². The summed E-state index contributed by atoms with van der Waals surface area (Å²) < 4.78 is 5.21. The van der Waals surface area contributed by atoms with E-state index in [1.165, 1.54) is 0 Å². The summed E-state index contributed by atoms with van der Waals surface area (Å²) in [5, 5.41) is 12.8. The third kappa shape index (κ3) is 2.94. The van der Waals surface area contributed by atoms with Gasteiger partial charge in [0.1, 0.15) is 0 Å². The number of hydrogen-bond acceptors (Lipinski definition) is 5. The highest BCUT2D eigenvalue weighted by molar-refractivity contribution is 5.58. The number of rotatable bonds is 5. The van der Waals surface area contributed by atoms with Crippen LogP contribution in [-0.4, -0.2) is 40.3 Å². The number of benzene rings is 1. The number of hydrogen-bond donors (Lipinski definition) is 1. The quantitative estimate of drug-likeness (QED) is 0.866. The van der Waals surface area contributed by atoms with Crippen molar-refractivity contribution in [2.75, 3.05) is 20.2 Å². The number of aliphatic hydroxyl groups excluding tert-OH is 1. The highest BCUT2D eigenvalue weighted by Gasteiger charge is 2.11. The highest BCUT2D eigenvalue weighted by Crippen LogP contribution is 2.19. The minimum atomic E-state index is 0.120. The molecule has 0 unspecified atom stereocenters. The molecule has 0 saturated carbocycles. The normalized spacial score (nSPS) is 11.1. The maximum absolute atomic E-state index is 8.83. The van der Waals surface area contributed by atoms with E-state index >= 15 is 0 Å². The SMILES string of the molecule is Cc1ccccc1-c1noc(CN(C)CCO)n1. The third-order valence-corrected chi connectivity index (χ3v) is 2.74. The summed E-state index contributed by atoms with van der Waals surface area (Å²) in [4.78, 5) is 6.29. The Morgan fingerprint density at radius 2 is 2.11 bits per heavy atom. The number of likely N-dealkylation sites (N-methyl/N-ethyl adjacent to an activating group) is 1. The summed E-state index contributed by atoms with van der Waals surface area (Å²) in [6, 6.07) is 7.93. The second-order valence-electron chi connectivity index (χ2n) is 4.29. The molecule has 2 rings (SSSR count). The maximum atomic E-state index is 8.83. The van der Waals surface area contributed by atoms with Crippen LogP contribution in [0.5, 0.6) is 0 Å². The predicted molar refractivity (Wildman–Crippen MR) is 67.9 cm³/mol. The van der Waals surface area contributed by atoms with Gasteiger partial charge in [0.15, 0.2) is 0 Å². The molecule has 0 aliphatic carbocycles. The van der Waals surface area contributed by atoms with Crippen molar-refractivity contribution in [3.05, 3.63) is 35.7 Å². The van der Waals surface area contributed by atoms with E-state index in [0.717, 1.165) is 11.1 Å². The summed E-state index contributed by atoms with van der Waals surface area (Å²) in [7, 11) is 1.90. The van der Waals surface area contributed by atoms with Gasteiger partial charge in [-0.2, -0.15) is 4.98 Å². The molecule has 0 atom stereocenters. The van der Waals surface area contributed by atoms with Crippen LogP contribution in [0, 0.1) is 6.92 Å². The van der Waals surface area contributed by atoms with Crippen molar-refractivity contribution in [3.63, 3.8) is 0 Å². The van der Waals surface area contributed by atoms with Gasteiger partial charge < -0.3 is 9.63 Å². The minimum Gasteiger partial charge on any atom is -0.395 e. The van der Waals surface area contributed by atoms with E-state index in [1.54, 1.807) is 0 Å². The van der Waals surface area contributed by atoms with Crippen molar-refractivity contribution in [2.24, 2.45) is 0 Å². The largest absolute Gasteiger partial charge is 0.395 e. The average molecular weight is 247 g/mol. The Bertz CT molecular complexity index is 510. The fourth-order valence-corrected chi connectivity index (χ4v) is 1.73. The lowest BCUT2D eigenvalue weighted by atomic mass is 10.1. The Labute approximate surface area is 106 Å².